The second-order valence-electron chi connectivity index (χ2n) is 5.98. The van der Waals surface area contributed by atoms with Gasteiger partial charge in [-0.25, -0.2) is 4.74 Å². The number of hydrogen-bond acceptors (Lipinski definition) is 5. The fourth-order valence-corrected chi connectivity index (χ4v) is 2.88. The van der Waals surface area contributed by atoms with Gasteiger partial charge in [0.2, 0.25) is 0 Å². The standard InChI is InChI=1S/C16H21NO5/c1-16(2)21-13-12(20-15(19-3)14(13)22-16)10-17(18)9-11-7-5-4-6-8-11/h4-8,10,12-15H,9H2,1-3H3/b17-10+/t12-,13-,14-,15-/m1/s1. The topological polar surface area (TPSA) is 63.0 Å². The molecular weight excluding hydrogens is 286 g/mol. The first-order chi connectivity index (χ1) is 10.5. The lowest BCUT2D eigenvalue weighted by molar-refractivity contribution is -0.473. The van der Waals surface area contributed by atoms with Gasteiger partial charge in [0.15, 0.2) is 30.9 Å². The SMILES string of the molecule is CO[C@@H]1O[C@H](/C=[N+](/[O-])Cc2ccccc2)[C@H]2OC(C)(C)O[C@@H]12. The first-order valence-corrected chi connectivity index (χ1v) is 7.35. The molecule has 2 aliphatic heterocycles. The molecule has 1 aromatic carbocycles. The molecule has 0 spiro atoms. The average Bonchev–Trinajstić information content (AvgIpc) is 2.94. The molecule has 2 fully saturated rings. The minimum Gasteiger partial charge on any atom is -0.624 e. The fourth-order valence-electron chi connectivity index (χ4n) is 2.88. The molecule has 0 saturated carbocycles. The molecule has 2 heterocycles. The van der Waals surface area contributed by atoms with E-state index in [9.17, 15) is 5.21 Å². The number of hydroxylamine groups is 1. The van der Waals surface area contributed by atoms with Crippen LogP contribution >= 0.6 is 0 Å². The number of rotatable bonds is 4. The lowest BCUT2D eigenvalue weighted by atomic mass is 10.1. The van der Waals surface area contributed by atoms with Gasteiger partial charge in [0.05, 0.1) is 0 Å². The van der Waals surface area contributed by atoms with Gasteiger partial charge >= 0.3 is 0 Å². The van der Waals surface area contributed by atoms with Crippen LogP contribution in [0.4, 0.5) is 0 Å². The molecule has 22 heavy (non-hydrogen) atoms. The fraction of sp³-hybridized carbons (Fsp3) is 0.562. The minimum absolute atomic E-state index is 0.264. The molecule has 0 amide bonds. The Morgan fingerprint density at radius 1 is 1.23 bits per heavy atom. The molecule has 2 saturated heterocycles. The summed E-state index contributed by atoms with van der Waals surface area (Å²) in [5, 5.41) is 12.2. The third-order valence-electron chi connectivity index (χ3n) is 3.77. The van der Waals surface area contributed by atoms with Gasteiger partial charge in [0, 0.05) is 12.7 Å². The van der Waals surface area contributed by atoms with Crippen LogP contribution in [-0.2, 0) is 25.5 Å². The Balaban J connectivity index is 1.72. The number of ether oxygens (including phenoxy) is 4. The largest absolute Gasteiger partial charge is 0.624 e. The Morgan fingerprint density at radius 3 is 2.59 bits per heavy atom. The van der Waals surface area contributed by atoms with Crippen LogP contribution in [0.25, 0.3) is 0 Å². The molecule has 2 aliphatic rings. The van der Waals surface area contributed by atoms with E-state index in [1.165, 1.54) is 6.21 Å². The van der Waals surface area contributed by atoms with Crippen molar-refractivity contribution in [2.45, 2.75) is 50.8 Å². The smallest absolute Gasteiger partial charge is 0.187 e. The van der Waals surface area contributed by atoms with Gasteiger partial charge in [0.25, 0.3) is 0 Å². The van der Waals surface area contributed by atoms with Crippen molar-refractivity contribution in [2.75, 3.05) is 7.11 Å². The van der Waals surface area contributed by atoms with Gasteiger partial charge in [-0.05, 0) is 13.8 Å². The summed E-state index contributed by atoms with van der Waals surface area (Å²) >= 11 is 0. The lowest BCUT2D eigenvalue weighted by Gasteiger charge is -2.22. The van der Waals surface area contributed by atoms with Crippen LogP contribution in [0.15, 0.2) is 30.3 Å². The van der Waals surface area contributed by atoms with Gasteiger partial charge < -0.3 is 24.2 Å². The molecule has 0 unspecified atom stereocenters. The highest BCUT2D eigenvalue weighted by Crippen LogP contribution is 2.38. The number of nitrogens with zero attached hydrogens (tertiary/aromatic N) is 1. The van der Waals surface area contributed by atoms with E-state index < -0.39 is 18.2 Å². The summed E-state index contributed by atoms with van der Waals surface area (Å²) < 4.78 is 23.5. The van der Waals surface area contributed by atoms with E-state index in [1.54, 1.807) is 7.11 Å². The molecule has 120 valence electrons. The quantitative estimate of drug-likeness (QED) is 0.366. The summed E-state index contributed by atoms with van der Waals surface area (Å²) in [6.07, 6.45) is -0.191. The van der Waals surface area contributed by atoms with Crippen molar-refractivity contribution in [1.82, 2.24) is 0 Å². The third kappa shape index (κ3) is 3.15. The maximum atomic E-state index is 12.2. The molecule has 0 radical (unpaired) electrons. The van der Waals surface area contributed by atoms with Crippen LogP contribution in [-0.4, -0.2) is 48.5 Å². The summed E-state index contributed by atoms with van der Waals surface area (Å²) in [6, 6.07) is 9.55. The molecular formula is C16H21NO5. The maximum absolute atomic E-state index is 12.2. The Labute approximate surface area is 129 Å². The number of methoxy groups -OCH3 is 1. The average molecular weight is 307 g/mol. The van der Waals surface area contributed by atoms with Crippen LogP contribution in [0.3, 0.4) is 0 Å². The first-order valence-electron chi connectivity index (χ1n) is 7.35. The molecule has 6 heteroatoms. The molecule has 3 rings (SSSR count). The highest BCUT2D eigenvalue weighted by Gasteiger charge is 2.56. The molecule has 1 aromatic rings. The zero-order valence-corrected chi connectivity index (χ0v) is 13.0. The molecule has 0 aromatic heterocycles. The molecule has 0 N–H and O–H groups in total. The molecule has 4 atom stereocenters. The summed E-state index contributed by atoms with van der Waals surface area (Å²) in [6.45, 7) is 3.95. The van der Waals surface area contributed by atoms with Crippen molar-refractivity contribution in [3.63, 3.8) is 0 Å². The Bertz CT molecular complexity index is 545. The van der Waals surface area contributed by atoms with Crippen molar-refractivity contribution in [1.29, 1.82) is 0 Å². The van der Waals surface area contributed by atoms with Gasteiger partial charge in [0.1, 0.15) is 12.2 Å². The third-order valence-corrected chi connectivity index (χ3v) is 3.77. The highest BCUT2D eigenvalue weighted by molar-refractivity contribution is 5.60. The highest BCUT2D eigenvalue weighted by atomic mass is 16.8. The second-order valence-corrected chi connectivity index (χ2v) is 5.98. The van der Waals surface area contributed by atoms with Crippen molar-refractivity contribution in [3.8, 4) is 0 Å². The van der Waals surface area contributed by atoms with E-state index in [2.05, 4.69) is 0 Å². The van der Waals surface area contributed by atoms with E-state index >= 15 is 0 Å². The summed E-state index contributed by atoms with van der Waals surface area (Å²) in [5.41, 5.74) is 0.940. The van der Waals surface area contributed by atoms with E-state index in [-0.39, 0.29) is 18.8 Å². The van der Waals surface area contributed by atoms with Crippen molar-refractivity contribution in [2.24, 2.45) is 0 Å². The first kappa shape index (κ1) is 15.4. The van der Waals surface area contributed by atoms with Crippen LogP contribution in [0.1, 0.15) is 19.4 Å². The Hall–Kier alpha value is -1.47. The lowest BCUT2D eigenvalue weighted by Crippen LogP contribution is -2.32. The monoisotopic (exact) mass is 307 g/mol. The normalized spacial score (nSPS) is 33.9. The van der Waals surface area contributed by atoms with E-state index in [0.29, 0.717) is 0 Å². The van der Waals surface area contributed by atoms with Crippen LogP contribution in [0.5, 0.6) is 0 Å². The van der Waals surface area contributed by atoms with Gasteiger partial charge in [-0.3, -0.25) is 0 Å². The van der Waals surface area contributed by atoms with Crippen LogP contribution in [0, 0.1) is 5.21 Å². The Morgan fingerprint density at radius 2 is 1.91 bits per heavy atom. The zero-order chi connectivity index (χ0) is 15.7. The Kier molecular flexibility index (Phi) is 4.18. The summed E-state index contributed by atoms with van der Waals surface area (Å²) in [4.78, 5) is 0. The van der Waals surface area contributed by atoms with Gasteiger partial charge in [-0.1, -0.05) is 30.3 Å². The van der Waals surface area contributed by atoms with E-state index in [1.807, 2.05) is 44.2 Å². The van der Waals surface area contributed by atoms with Gasteiger partial charge in [-0.15, -0.1) is 0 Å². The molecule has 0 aliphatic carbocycles. The number of hydrogen-bond donors (Lipinski definition) is 0. The molecule has 6 nitrogen and oxygen atoms in total. The van der Waals surface area contributed by atoms with Crippen molar-refractivity contribution < 1.29 is 23.7 Å². The van der Waals surface area contributed by atoms with Crippen LogP contribution in [0.2, 0.25) is 0 Å². The zero-order valence-electron chi connectivity index (χ0n) is 13.0. The minimum atomic E-state index is -0.699. The van der Waals surface area contributed by atoms with Gasteiger partial charge in [-0.2, -0.15) is 0 Å². The molecule has 0 bridgehead atoms. The summed E-state index contributed by atoms with van der Waals surface area (Å²) in [7, 11) is 1.55. The maximum Gasteiger partial charge on any atom is 0.187 e. The number of fused-ring (bicyclic) bond motifs is 1. The van der Waals surface area contributed by atoms with Crippen LogP contribution < -0.4 is 0 Å². The van der Waals surface area contributed by atoms with Crippen molar-refractivity contribution >= 4 is 6.21 Å². The number of benzene rings is 1. The predicted molar refractivity (Wildman–Crippen MR) is 79.3 cm³/mol. The predicted octanol–water partition coefficient (Wildman–Crippen LogP) is 1.66. The second kappa shape index (κ2) is 5.96. The van der Waals surface area contributed by atoms with Crippen molar-refractivity contribution in [3.05, 3.63) is 41.1 Å². The summed E-state index contributed by atoms with van der Waals surface area (Å²) in [5.74, 6) is -0.699. The van der Waals surface area contributed by atoms with E-state index in [4.69, 9.17) is 18.9 Å². The van der Waals surface area contributed by atoms with E-state index in [0.717, 1.165) is 10.3 Å².